The van der Waals surface area contributed by atoms with E-state index in [1.165, 1.54) is 0 Å². The summed E-state index contributed by atoms with van der Waals surface area (Å²) in [6.07, 6.45) is 3.18. The van der Waals surface area contributed by atoms with Gasteiger partial charge in [-0.05, 0) is 37.5 Å². The molecule has 0 bridgehead atoms. The Labute approximate surface area is 117 Å². The van der Waals surface area contributed by atoms with Crippen LogP contribution in [0.15, 0.2) is 22.7 Å². The van der Waals surface area contributed by atoms with E-state index in [2.05, 4.69) is 52.3 Å². The zero-order valence-electron chi connectivity index (χ0n) is 11.2. The second-order valence-electron chi connectivity index (χ2n) is 4.72. The molecule has 3 nitrogen and oxygen atoms in total. The number of nitrogens with two attached hydrogens (primary N) is 1. The van der Waals surface area contributed by atoms with Crippen molar-refractivity contribution in [1.29, 1.82) is 0 Å². The molecule has 0 amide bonds. The van der Waals surface area contributed by atoms with Gasteiger partial charge in [0.2, 0.25) is 5.95 Å². The quantitative estimate of drug-likeness (QED) is 0.914. The lowest BCUT2D eigenvalue weighted by molar-refractivity contribution is 0.262. The van der Waals surface area contributed by atoms with Crippen LogP contribution in [0.5, 0.6) is 0 Å². The highest BCUT2D eigenvalue weighted by molar-refractivity contribution is 9.10. The Morgan fingerprint density at radius 1 is 1.22 bits per heavy atom. The second-order valence-corrected chi connectivity index (χ2v) is 5.64. The number of imidazole rings is 1. The number of hydrogen-bond donors (Lipinski definition) is 1. The van der Waals surface area contributed by atoms with Crippen molar-refractivity contribution < 1.29 is 0 Å². The van der Waals surface area contributed by atoms with Crippen molar-refractivity contribution >= 4 is 32.9 Å². The molecule has 2 rings (SSSR count). The van der Waals surface area contributed by atoms with Gasteiger partial charge in [-0.1, -0.05) is 36.7 Å². The summed E-state index contributed by atoms with van der Waals surface area (Å²) in [4.78, 5) is 4.49. The standard InChI is InChI=1S/C14H20BrN3/c1-4-14(5-2,6-3)18-12-8-7-10(15)9-11(12)17-13(18)16/h7-9H,4-6H2,1-3H3,(H2,16,17). The molecular formula is C14H20BrN3. The Hall–Kier alpha value is -1.03. The zero-order valence-corrected chi connectivity index (χ0v) is 12.8. The van der Waals surface area contributed by atoms with Crippen LogP contribution in [0.2, 0.25) is 0 Å². The molecule has 1 aromatic carbocycles. The van der Waals surface area contributed by atoms with Crippen LogP contribution in [0, 0.1) is 0 Å². The molecule has 0 aliphatic rings. The van der Waals surface area contributed by atoms with Crippen LogP contribution in [0.4, 0.5) is 5.95 Å². The Kier molecular flexibility index (Phi) is 3.66. The molecule has 2 aromatic rings. The minimum atomic E-state index is 0.0761. The fourth-order valence-corrected chi connectivity index (χ4v) is 3.14. The Balaban J connectivity index is 2.73. The van der Waals surface area contributed by atoms with E-state index in [1.54, 1.807) is 0 Å². The van der Waals surface area contributed by atoms with E-state index in [9.17, 15) is 0 Å². The lowest BCUT2D eigenvalue weighted by Crippen LogP contribution is -2.32. The summed E-state index contributed by atoms with van der Waals surface area (Å²) in [5.74, 6) is 0.619. The number of rotatable bonds is 4. The van der Waals surface area contributed by atoms with E-state index in [0.717, 1.165) is 34.8 Å². The smallest absolute Gasteiger partial charge is 0.201 e. The highest BCUT2D eigenvalue weighted by Gasteiger charge is 2.29. The van der Waals surface area contributed by atoms with E-state index in [4.69, 9.17) is 5.73 Å². The average molecular weight is 310 g/mol. The lowest BCUT2D eigenvalue weighted by atomic mass is 9.89. The molecule has 0 aliphatic carbocycles. The van der Waals surface area contributed by atoms with Gasteiger partial charge in [0.25, 0.3) is 0 Å². The molecule has 98 valence electrons. The van der Waals surface area contributed by atoms with Crippen molar-refractivity contribution in [3.63, 3.8) is 0 Å². The summed E-state index contributed by atoms with van der Waals surface area (Å²) in [7, 11) is 0. The van der Waals surface area contributed by atoms with Gasteiger partial charge in [-0.2, -0.15) is 0 Å². The first-order valence-electron chi connectivity index (χ1n) is 6.52. The van der Waals surface area contributed by atoms with Gasteiger partial charge in [-0.3, -0.25) is 0 Å². The number of nitrogens with zero attached hydrogens (tertiary/aromatic N) is 2. The maximum Gasteiger partial charge on any atom is 0.201 e. The summed E-state index contributed by atoms with van der Waals surface area (Å²) in [6, 6.07) is 6.16. The minimum Gasteiger partial charge on any atom is -0.369 e. The van der Waals surface area contributed by atoms with Gasteiger partial charge in [0.15, 0.2) is 0 Å². The normalized spacial score (nSPS) is 12.2. The molecule has 0 atom stereocenters. The van der Waals surface area contributed by atoms with E-state index in [-0.39, 0.29) is 5.54 Å². The number of hydrogen-bond acceptors (Lipinski definition) is 2. The SMILES string of the molecule is CCC(CC)(CC)n1c(N)nc2cc(Br)ccc21. The van der Waals surface area contributed by atoms with E-state index < -0.39 is 0 Å². The van der Waals surface area contributed by atoms with Gasteiger partial charge in [-0.25, -0.2) is 4.98 Å². The van der Waals surface area contributed by atoms with Crippen LogP contribution in [-0.2, 0) is 5.54 Å². The van der Waals surface area contributed by atoms with Crippen molar-refractivity contribution in [3.05, 3.63) is 22.7 Å². The second kappa shape index (κ2) is 4.92. The predicted molar refractivity (Wildman–Crippen MR) is 80.7 cm³/mol. The lowest BCUT2D eigenvalue weighted by Gasteiger charge is -2.33. The first kappa shape index (κ1) is 13.4. The Bertz CT molecular complexity index is 547. The van der Waals surface area contributed by atoms with E-state index >= 15 is 0 Å². The van der Waals surface area contributed by atoms with Gasteiger partial charge >= 0.3 is 0 Å². The van der Waals surface area contributed by atoms with Crippen LogP contribution in [0.25, 0.3) is 11.0 Å². The highest BCUT2D eigenvalue weighted by atomic mass is 79.9. The third-order valence-corrected chi connectivity index (χ3v) is 4.58. The van der Waals surface area contributed by atoms with Crippen molar-refractivity contribution in [2.45, 2.75) is 45.6 Å². The first-order valence-corrected chi connectivity index (χ1v) is 7.31. The molecule has 0 aliphatic heterocycles. The predicted octanol–water partition coefficient (Wildman–Crippen LogP) is 4.31. The Morgan fingerprint density at radius 2 is 1.83 bits per heavy atom. The summed E-state index contributed by atoms with van der Waals surface area (Å²) in [5.41, 5.74) is 8.31. The van der Waals surface area contributed by atoms with Crippen molar-refractivity contribution in [1.82, 2.24) is 9.55 Å². The van der Waals surface area contributed by atoms with Crippen molar-refractivity contribution in [2.24, 2.45) is 0 Å². The molecule has 0 radical (unpaired) electrons. The van der Waals surface area contributed by atoms with Crippen LogP contribution in [-0.4, -0.2) is 9.55 Å². The molecule has 0 spiro atoms. The molecule has 0 unspecified atom stereocenters. The minimum absolute atomic E-state index is 0.0761. The molecule has 4 heteroatoms. The summed E-state index contributed by atoms with van der Waals surface area (Å²) < 4.78 is 3.25. The van der Waals surface area contributed by atoms with Gasteiger partial charge in [0, 0.05) is 10.0 Å². The summed E-state index contributed by atoms with van der Waals surface area (Å²) in [5, 5.41) is 0. The molecule has 0 saturated heterocycles. The molecule has 18 heavy (non-hydrogen) atoms. The van der Waals surface area contributed by atoms with Gasteiger partial charge in [0.05, 0.1) is 11.0 Å². The molecule has 1 aromatic heterocycles. The maximum absolute atomic E-state index is 6.15. The number of nitrogen functional groups attached to an aromatic ring is 1. The van der Waals surface area contributed by atoms with Gasteiger partial charge < -0.3 is 10.3 Å². The number of aromatic nitrogens is 2. The number of fused-ring (bicyclic) bond motifs is 1. The highest BCUT2D eigenvalue weighted by Crippen LogP contribution is 2.35. The third-order valence-electron chi connectivity index (χ3n) is 4.09. The van der Waals surface area contributed by atoms with Crippen molar-refractivity contribution in [2.75, 3.05) is 5.73 Å². The largest absolute Gasteiger partial charge is 0.369 e. The summed E-state index contributed by atoms with van der Waals surface area (Å²) in [6.45, 7) is 6.66. The van der Waals surface area contributed by atoms with Crippen molar-refractivity contribution in [3.8, 4) is 0 Å². The molecule has 0 fully saturated rings. The molecular weight excluding hydrogens is 290 g/mol. The van der Waals surface area contributed by atoms with Crippen LogP contribution in [0.1, 0.15) is 40.0 Å². The van der Waals surface area contributed by atoms with E-state index in [1.807, 2.05) is 12.1 Å². The van der Waals surface area contributed by atoms with Gasteiger partial charge in [-0.15, -0.1) is 0 Å². The number of benzene rings is 1. The van der Waals surface area contributed by atoms with Crippen LogP contribution >= 0.6 is 15.9 Å². The third kappa shape index (κ3) is 1.92. The van der Waals surface area contributed by atoms with E-state index in [0.29, 0.717) is 5.95 Å². The monoisotopic (exact) mass is 309 g/mol. The van der Waals surface area contributed by atoms with Crippen LogP contribution < -0.4 is 5.73 Å². The molecule has 0 saturated carbocycles. The maximum atomic E-state index is 6.15. The average Bonchev–Trinajstić information content (AvgIpc) is 2.69. The number of halogens is 1. The van der Waals surface area contributed by atoms with Crippen LogP contribution in [0.3, 0.4) is 0 Å². The topological polar surface area (TPSA) is 43.8 Å². The molecule has 2 N–H and O–H groups in total. The zero-order chi connectivity index (χ0) is 13.3. The summed E-state index contributed by atoms with van der Waals surface area (Å²) >= 11 is 3.48. The fourth-order valence-electron chi connectivity index (χ4n) is 2.79. The molecule has 1 heterocycles. The van der Waals surface area contributed by atoms with Gasteiger partial charge in [0.1, 0.15) is 0 Å². The number of anilines is 1. The Morgan fingerprint density at radius 3 is 2.39 bits per heavy atom. The fraction of sp³-hybridized carbons (Fsp3) is 0.500. The first-order chi connectivity index (χ1) is 8.57.